The highest BCUT2D eigenvalue weighted by Crippen LogP contribution is 2.37. The smallest absolute Gasteiger partial charge is 0.280 e. The minimum absolute atomic E-state index is 0.0195. The molecular formula is C27H34N6O6S2. The number of nitrogens with one attached hydrogen (secondary N) is 2. The van der Waals surface area contributed by atoms with E-state index >= 15 is 0 Å². The molecule has 2 N–H and O–H groups in total. The van der Waals surface area contributed by atoms with Crippen LogP contribution in [0, 0.1) is 0 Å². The predicted octanol–water partition coefficient (Wildman–Crippen LogP) is 3.36. The molecule has 0 saturated carbocycles. The van der Waals surface area contributed by atoms with E-state index in [0.717, 1.165) is 12.0 Å². The van der Waals surface area contributed by atoms with Gasteiger partial charge in [-0.2, -0.15) is 8.42 Å². The summed E-state index contributed by atoms with van der Waals surface area (Å²) in [6, 6.07) is 10.7. The zero-order valence-electron chi connectivity index (χ0n) is 23.3. The van der Waals surface area contributed by atoms with Gasteiger partial charge in [-0.15, -0.1) is 0 Å². The molecule has 3 aromatic rings. The van der Waals surface area contributed by atoms with Crippen molar-refractivity contribution in [3.63, 3.8) is 0 Å². The second-order valence-corrected chi connectivity index (χ2v) is 13.3. The molecule has 1 aromatic heterocycles. The summed E-state index contributed by atoms with van der Waals surface area (Å²) in [7, 11) is -3.94. The molecule has 14 heteroatoms. The Balaban J connectivity index is 1.70. The van der Waals surface area contributed by atoms with Crippen LogP contribution < -0.4 is 19.5 Å². The molecule has 0 atom stereocenters. The Morgan fingerprint density at radius 3 is 2.34 bits per heavy atom. The Kier molecular flexibility index (Phi) is 9.46. The number of aromatic nitrogens is 2. The topological polar surface area (TPSA) is 152 Å². The number of para-hydroxylation sites is 2. The lowest BCUT2D eigenvalue weighted by molar-refractivity contribution is 0.291. The molecule has 1 aliphatic rings. The van der Waals surface area contributed by atoms with Crippen molar-refractivity contribution in [2.45, 2.75) is 19.8 Å². The van der Waals surface area contributed by atoms with Crippen LogP contribution in [0.25, 0.3) is 11.0 Å². The van der Waals surface area contributed by atoms with Gasteiger partial charge in [-0.1, -0.05) is 12.1 Å². The van der Waals surface area contributed by atoms with E-state index in [1.165, 1.54) is 6.08 Å². The largest absolute Gasteiger partial charge is 0.497 e. The van der Waals surface area contributed by atoms with Crippen molar-refractivity contribution in [3.8, 4) is 11.5 Å². The average Bonchev–Trinajstić information content (AvgIpc) is 2.94. The summed E-state index contributed by atoms with van der Waals surface area (Å²) in [5, 5.41) is 3.02. The number of methoxy groups -OCH3 is 2. The monoisotopic (exact) mass is 602 g/mol. The van der Waals surface area contributed by atoms with Crippen LogP contribution in [0.5, 0.6) is 11.5 Å². The summed E-state index contributed by atoms with van der Waals surface area (Å²) in [6.07, 6.45) is 2.65. The van der Waals surface area contributed by atoms with Gasteiger partial charge in [-0.25, -0.2) is 18.4 Å². The van der Waals surface area contributed by atoms with Crippen molar-refractivity contribution in [2.75, 3.05) is 55.4 Å². The average molecular weight is 603 g/mol. The van der Waals surface area contributed by atoms with Crippen LogP contribution in [0.2, 0.25) is 0 Å². The maximum absolute atomic E-state index is 13.0. The van der Waals surface area contributed by atoms with E-state index in [2.05, 4.69) is 36.6 Å². The fraction of sp³-hybridized carbons (Fsp3) is 0.370. The number of hydrogen-bond donors (Lipinski definition) is 2. The molecule has 0 aliphatic carbocycles. The fourth-order valence-corrected chi connectivity index (χ4v) is 6.80. The second-order valence-electron chi connectivity index (χ2n) is 9.38. The van der Waals surface area contributed by atoms with Crippen LogP contribution in [0.15, 0.2) is 52.5 Å². The number of rotatable bonds is 12. The number of anilines is 3. The van der Waals surface area contributed by atoms with E-state index in [9.17, 15) is 16.8 Å². The van der Waals surface area contributed by atoms with E-state index < -0.39 is 19.9 Å². The first kappa shape index (κ1) is 30.2. The molecule has 4 rings (SSSR count). The maximum Gasteiger partial charge on any atom is 0.280 e. The Labute approximate surface area is 240 Å². The van der Waals surface area contributed by atoms with Crippen molar-refractivity contribution in [1.82, 2.24) is 14.9 Å². The Hall–Kier alpha value is -3.75. The number of fused-ring (bicyclic) bond motifs is 1. The molecule has 220 valence electrons. The van der Waals surface area contributed by atoms with Crippen molar-refractivity contribution in [2.24, 2.45) is 4.99 Å². The highest BCUT2D eigenvalue weighted by atomic mass is 32.2. The number of benzene rings is 2. The molecule has 0 unspecified atom stereocenters. The minimum atomic E-state index is -4.09. The summed E-state index contributed by atoms with van der Waals surface area (Å²) in [5.74, 6) is 1.59. The van der Waals surface area contributed by atoms with E-state index in [4.69, 9.17) is 9.47 Å². The number of sulfonamides is 1. The van der Waals surface area contributed by atoms with E-state index in [-0.39, 0.29) is 28.2 Å². The molecule has 2 aromatic carbocycles. The lowest BCUT2D eigenvalue weighted by atomic mass is 10.0. The second kappa shape index (κ2) is 12.8. The molecule has 41 heavy (non-hydrogen) atoms. The maximum atomic E-state index is 13.0. The minimum Gasteiger partial charge on any atom is -0.497 e. The van der Waals surface area contributed by atoms with Gasteiger partial charge in [0, 0.05) is 30.8 Å². The predicted molar refractivity (Wildman–Crippen MR) is 162 cm³/mol. The summed E-state index contributed by atoms with van der Waals surface area (Å²) in [6.45, 7) is 6.63. The first-order valence-electron chi connectivity index (χ1n) is 13.0. The third-order valence-electron chi connectivity index (χ3n) is 6.71. The molecular weight excluding hydrogens is 568 g/mol. The van der Waals surface area contributed by atoms with Crippen LogP contribution in [0.4, 0.5) is 17.3 Å². The summed E-state index contributed by atoms with van der Waals surface area (Å²) >= 11 is 0. The highest BCUT2D eigenvalue weighted by Gasteiger charge is 2.23. The Morgan fingerprint density at radius 1 is 1.10 bits per heavy atom. The first-order valence-corrected chi connectivity index (χ1v) is 16.3. The van der Waals surface area contributed by atoms with E-state index in [1.54, 1.807) is 51.5 Å². The van der Waals surface area contributed by atoms with Gasteiger partial charge in [0.25, 0.3) is 10.0 Å². The highest BCUT2D eigenvalue weighted by molar-refractivity contribution is 7.96. The summed E-state index contributed by atoms with van der Waals surface area (Å²) in [5.41, 5.74) is 2.47. The van der Waals surface area contributed by atoms with Gasteiger partial charge in [0.15, 0.2) is 26.5 Å². The number of hydrogen-bond acceptors (Lipinski definition) is 11. The third kappa shape index (κ3) is 7.31. The summed E-state index contributed by atoms with van der Waals surface area (Å²) < 4.78 is 63.3. The third-order valence-corrected chi connectivity index (χ3v) is 9.70. The molecule has 1 fully saturated rings. The van der Waals surface area contributed by atoms with Crippen LogP contribution in [0.3, 0.4) is 0 Å². The van der Waals surface area contributed by atoms with Gasteiger partial charge in [-0.05, 0) is 51.2 Å². The molecule has 1 saturated heterocycles. The number of nitrogens with zero attached hydrogens (tertiary/aromatic N) is 4. The van der Waals surface area contributed by atoms with E-state index in [0.29, 0.717) is 54.3 Å². The molecule has 0 spiro atoms. The number of ether oxygens (including phenoxy) is 2. The number of allylic oxidation sites excluding steroid dienone is 1. The van der Waals surface area contributed by atoms with Crippen LogP contribution >= 0.6 is 0 Å². The van der Waals surface area contributed by atoms with Gasteiger partial charge in [0.05, 0.1) is 42.4 Å². The fourth-order valence-electron chi connectivity index (χ4n) is 4.54. The number of sulfone groups is 1. The summed E-state index contributed by atoms with van der Waals surface area (Å²) in [4.78, 5) is 15.0. The van der Waals surface area contributed by atoms with Gasteiger partial charge < -0.3 is 19.7 Å². The molecule has 2 heterocycles. The molecule has 0 amide bonds. The standard InChI is InChI=1S/C27H34N6O6S2/c1-5-25(28-2)41(36,37)32-27-26(29-21-10-6-7-11-22(21)30-27)31-23-17-19(38-3)18-24(39-4)20(23)9-8-12-33-13-15-40(34,35)16-14-33/h5-7,10-11,17-18H,2,8-9,12-16H2,1,3-4H3,(H,29,31)(H,30,32)/b25-5+. The molecule has 12 nitrogen and oxygen atoms in total. The quantitative estimate of drug-likeness (QED) is 0.295. The van der Waals surface area contributed by atoms with Crippen molar-refractivity contribution < 1.29 is 26.3 Å². The van der Waals surface area contributed by atoms with Crippen LogP contribution in [-0.4, -0.2) is 83.8 Å². The van der Waals surface area contributed by atoms with Crippen molar-refractivity contribution in [1.29, 1.82) is 0 Å². The van der Waals surface area contributed by atoms with Crippen LogP contribution in [0.1, 0.15) is 18.9 Å². The SMILES string of the molecule is C=N/C(=C\C)S(=O)(=O)Nc1nc2ccccc2nc1Nc1cc(OC)cc(OC)c1CCCN1CCS(=O)(=O)CC1. The van der Waals surface area contributed by atoms with Gasteiger partial charge in [-0.3, -0.25) is 9.71 Å². The van der Waals surface area contributed by atoms with Crippen molar-refractivity contribution >= 4 is 54.9 Å². The lowest BCUT2D eigenvalue weighted by Crippen LogP contribution is -2.40. The Morgan fingerprint density at radius 2 is 1.76 bits per heavy atom. The van der Waals surface area contributed by atoms with Crippen LogP contribution in [-0.2, 0) is 26.3 Å². The normalized spacial score (nSPS) is 15.8. The molecule has 0 radical (unpaired) electrons. The Bertz CT molecular complexity index is 1660. The van der Waals surface area contributed by atoms with Gasteiger partial charge in [0.1, 0.15) is 11.5 Å². The number of aliphatic imine (C=N–C) groups is 1. The van der Waals surface area contributed by atoms with Gasteiger partial charge >= 0.3 is 0 Å². The lowest BCUT2D eigenvalue weighted by Gasteiger charge is -2.26. The zero-order valence-corrected chi connectivity index (χ0v) is 24.9. The first-order chi connectivity index (χ1) is 19.6. The zero-order chi connectivity index (χ0) is 29.6. The molecule has 1 aliphatic heterocycles. The van der Waals surface area contributed by atoms with E-state index in [1.807, 2.05) is 6.07 Å². The van der Waals surface area contributed by atoms with Gasteiger partial charge in [0.2, 0.25) is 0 Å². The molecule has 0 bridgehead atoms. The van der Waals surface area contributed by atoms with Crippen molar-refractivity contribution in [3.05, 3.63) is 53.1 Å².